The van der Waals surface area contributed by atoms with E-state index < -0.39 is 15.4 Å². The van der Waals surface area contributed by atoms with Gasteiger partial charge in [-0.1, -0.05) is 0 Å². The van der Waals surface area contributed by atoms with E-state index in [1.165, 1.54) is 0 Å². The molecule has 168 valence electrons. The summed E-state index contributed by atoms with van der Waals surface area (Å²) in [6.45, 7) is 0.733. The van der Waals surface area contributed by atoms with Gasteiger partial charge in [0.15, 0.2) is 9.84 Å². The lowest BCUT2D eigenvalue weighted by Gasteiger charge is -2.44. The quantitative estimate of drug-likeness (QED) is 0.737. The minimum absolute atomic E-state index is 0.0388. The number of carbonyl (C=O) groups is 1. The maximum absolute atomic E-state index is 13.1. The molecule has 2 aromatic heterocycles. The van der Waals surface area contributed by atoms with Gasteiger partial charge < -0.3 is 14.6 Å². The van der Waals surface area contributed by atoms with Crippen molar-refractivity contribution in [3.8, 4) is 0 Å². The number of rotatable bonds is 5. The van der Waals surface area contributed by atoms with Crippen LogP contribution in [0.5, 0.6) is 0 Å². The molecule has 1 amide bonds. The summed E-state index contributed by atoms with van der Waals surface area (Å²) >= 11 is 0. The number of amides is 1. The van der Waals surface area contributed by atoms with E-state index in [1.54, 1.807) is 6.20 Å². The summed E-state index contributed by atoms with van der Waals surface area (Å²) in [7, 11) is -1.13. The Balaban J connectivity index is 1.26. The van der Waals surface area contributed by atoms with Crippen molar-refractivity contribution in [3.63, 3.8) is 0 Å². The minimum atomic E-state index is -2.97. The van der Waals surface area contributed by atoms with Crippen molar-refractivity contribution in [1.29, 1.82) is 0 Å². The zero-order valence-electron chi connectivity index (χ0n) is 17.9. The third-order valence-electron chi connectivity index (χ3n) is 7.40. The van der Waals surface area contributed by atoms with Gasteiger partial charge in [0.05, 0.1) is 41.9 Å². The van der Waals surface area contributed by atoms with E-state index >= 15 is 0 Å². The number of piperidine rings is 1. The molecule has 5 rings (SSSR count). The summed E-state index contributed by atoms with van der Waals surface area (Å²) in [5, 5.41) is 12.5. The molecule has 3 fully saturated rings. The highest BCUT2D eigenvalue weighted by molar-refractivity contribution is 7.91. The first-order valence-corrected chi connectivity index (χ1v) is 12.9. The number of likely N-dealkylation sites (N-methyl/N-ethyl adjacent to an activating group) is 1. The molecular formula is C22H30N4O4S. The monoisotopic (exact) mass is 446 g/mol. The average Bonchev–Trinajstić information content (AvgIpc) is 3.36. The molecule has 9 heteroatoms. The fourth-order valence-electron chi connectivity index (χ4n) is 5.89. The second kappa shape index (κ2) is 7.56. The van der Waals surface area contributed by atoms with Gasteiger partial charge in [-0.25, -0.2) is 8.42 Å². The molecule has 0 spiro atoms. The molecule has 2 aromatic rings. The number of aromatic nitrogens is 2. The topological polar surface area (TPSA) is 95.7 Å². The van der Waals surface area contributed by atoms with E-state index in [0.717, 1.165) is 23.7 Å². The second-order valence-corrected chi connectivity index (χ2v) is 11.9. The second-order valence-electron chi connectivity index (χ2n) is 9.67. The van der Waals surface area contributed by atoms with Gasteiger partial charge in [-0.3, -0.25) is 14.7 Å². The van der Waals surface area contributed by atoms with Gasteiger partial charge in [0.2, 0.25) is 5.91 Å². The van der Waals surface area contributed by atoms with Crippen molar-refractivity contribution >= 4 is 26.6 Å². The number of pyridine rings is 1. The minimum Gasteiger partial charge on any atom is -0.388 e. The first-order valence-electron chi connectivity index (χ1n) is 11.1. The maximum Gasteiger partial charge on any atom is 0.237 e. The summed E-state index contributed by atoms with van der Waals surface area (Å²) < 4.78 is 25.6. The van der Waals surface area contributed by atoms with Crippen LogP contribution >= 0.6 is 0 Å². The van der Waals surface area contributed by atoms with Crippen LogP contribution in [0.4, 0.5) is 0 Å². The van der Waals surface area contributed by atoms with Crippen LogP contribution in [0, 0.1) is 0 Å². The summed E-state index contributed by atoms with van der Waals surface area (Å²) in [5.74, 6) is 0.405. The Hall–Kier alpha value is -1.97. The standard InChI is InChI=1S/C22H30N4O4S/c1-24(19-6-9-31(29,30)14-19)13-21(27)26-17-2-3-18(26)11-22(28,10-17)15-25-8-5-16-4-7-23-12-20(16)25/h4-5,7-8,12,17-19,28H,2-3,6,9-11,13-15H2,1H3. The Labute approximate surface area is 182 Å². The first-order chi connectivity index (χ1) is 14.7. The lowest BCUT2D eigenvalue weighted by molar-refractivity contribution is -0.143. The number of hydrogen-bond acceptors (Lipinski definition) is 6. The van der Waals surface area contributed by atoms with Crippen molar-refractivity contribution < 1.29 is 18.3 Å². The molecule has 3 aliphatic heterocycles. The van der Waals surface area contributed by atoms with Gasteiger partial charge >= 0.3 is 0 Å². The zero-order valence-corrected chi connectivity index (χ0v) is 18.7. The fourth-order valence-corrected chi connectivity index (χ4v) is 7.69. The van der Waals surface area contributed by atoms with Gasteiger partial charge in [-0.15, -0.1) is 0 Å². The van der Waals surface area contributed by atoms with E-state index in [4.69, 9.17) is 0 Å². The molecule has 0 aliphatic carbocycles. The first kappa shape index (κ1) is 20.9. The smallest absolute Gasteiger partial charge is 0.237 e. The van der Waals surface area contributed by atoms with Crippen LogP contribution in [0.25, 0.3) is 10.9 Å². The Bertz CT molecular complexity index is 1080. The summed E-state index contributed by atoms with van der Waals surface area (Å²) in [6, 6.07) is 4.00. The Morgan fingerprint density at radius 3 is 2.68 bits per heavy atom. The predicted octanol–water partition coefficient (Wildman–Crippen LogP) is 1.04. The Kier molecular flexibility index (Phi) is 5.10. The number of sulfone groups is 1. The van der Waals surface area contributed by atoms with Crippen LogP contribution in [-0.4, -0.2) is 87.6 Å². The average molecular weight is 447 g/mol. The van der Waals surface area contributed by atoms with E-state index in [9.17, 15) is 18.3 Å². The summed E-state index contributed by atoms with van der Waals surface area (Å²) in [4.78, 5) is 21.2. The van der Waals surface area contributed by atoms with Crippen molar-refractivity contribution in [2.75, 3.05) is 25.1 Å². The fraction of sp³-hybridized carbons (Fsp3) is 0.636. The molecule has 3 saturated heterocycles. The van der Waals surface area contributed by atoms with Gasteiger partial charge in [-0.05, 0) is 51.3 Å². The number of carbonyl (C=O) groups excluding carboxylic acids is 1. The van der Waals surface area contributed by atoms with Gasteiger partial charge in [0.1, 0.15) is 0 Å². The maximum atomic E-state index is 13.1. The van der Waals surface area contributed by atoms with Crippen molar-refractivity contribution in [1.82, 2.24) is 19.4 Å². The SMILES string of the molecule is CN(CC(=O)N1C2CCC1CC(O)(Cn1ccc3ccncc31)C2)C1CCS(=O)(=O)C1. The largest absolute Gasteiger partial charge is 0.388 e. The van der Waals surface area contributed by atoms with Crippen molar-refractivity contribution in [2.45, 2.75) is 62.4 Å². The highest BCUT2D eigenvalue weighted by Gasteiger charge is 2.49. The molecule has 5 heterocycles. The molecule has 0 saturated carbocycles. The van der Waals surface area contributed by atoms with Crippen molar-refractivity contribution in [2.24, 2.45) is 0 Å². The zero-order chi connectivity index (χ0) is 21.8. The number of fused-ring (bicyclic) bond motifs is 3. The number of nitrogens with zero attached hydrogens (tertiary/aromatic N) is 4. The molecule has 0 aromatic carbocycles. The van der Waals surface area contributed by atoms with E-state index in [0.29, 0.717) is 25.8 Å². The highest BCUT2D eigenvalue weighted by Crippen LogP contribution is 2.42. The number of aliphatic hydroxyl groups is 1. The van der Waals surface area contributed by atoms with Gasteiger partial charge in [-0.2, -0.15) is 0 Å². The highest BCUT2D eigenvalue weighted by atomic mass is 32.2. The van der Waals surface area contributed by atoms with Crippen LogP contribution in [0.15, 0.2) is 30.7 Å². The Morgan fingerprint density at radius 1 is 1.26 bits per heavy atom. The van der Waals surface area contributed by atoms with Crippen LogP contribution in [-0.2, 0) is 21.2 Å². The molecule has 1 N–H and O–H groups in total. The predicted molar refractivity (Wildman–Crippen MR) is 117 cm³/mol. The molecule has 3 atom stereocenters. The van der Waals surface area contributed by atoms with Crippen LogP contribution in [0.1, 0.15) is 32.1 Å². The molecular weight excluding hydrogens is 416 g/mol. The van der Waals surface area contributed by atoms with E-state index in [1.807, 2.05) is 41.4 Å². The third-order valence-corrected chi connectivity index (χ3v) is 9.15. The van der Waals surface area contributed by atoms with E-state index in [2.05, 4.69) is 9.55 Å². The molecule has 3 unspecified atom stereocenters. The van der Waals surface area contributed by atoms with E-state index in [-0.39, 0.29) is 42.1 Å². The number of hydrogen-bond donors (Lipinski definition) is 1. The summed E-state index contributed by atoms with van der Waals surface area (Å²) in [6.07, 6.45) is 9.14. The molecule has 8 nitrogen and oxygen atoms in total. The van der Waals surface area contributed by atoms with Crippen LogP contribution in [0.3, 0.4) is 0 Å². The lowest BCUT2D eigenvalue weighted by Crippen LogP contribution is -2.56. The molecule has 3 aliphatic rings. The van der Waals surface area contributed by atoms with Gasteiger partial charge in [0.25, 0.3) is 0 Å². The van der Waals surface area contributed by atoms with Crippen LogP contribution in [0.2, 0.25) is 0 Å². The third kappa shape index (κ3) is 3.99. The molecule has 31 heavy (non-hydrogen) atoms. The van der Waals surface area contributed by atoms with Gasteiger partial charge in [0, 0.05) is 35.9 Å². The summed E-state index contributed by atoms with van der Waals surface area (Å²) in [5.41, 5.74) is 0.158. The van der Waals surface area contributed by atoms with Crippen LogP contribution < -0.4 is 0 Å². The molecule has 2 bridgehead atoms. The lowest BCUT2D eigenvalue weighted by atomic mass is 9.85. The Morgan fingerprint density at radius 2 is 2.00 bits per heavy atom. The normalized spacial score (nSPS) is 32.2. The molecule has 0 radical (unpaired) electrons. The van der Waals surface area contributed by atoms with Crippen molar-refractivity contribution in [3.05, 3.63) is 30.7 Å².